The summed E-state index contributed by atoms with van der Waals surface area (Å²) in [5.74, 6) is 0.258. The van der Waals surface area contributed by atoms with E-state index in [1.54, 1.807) is 0 Å². The average Bonchev–Trinajstić information content (AvgIpc) is 2.26. The van der Waals surface area contributed by atoms with Crippen LogP contribution < -0.4 is 5.32 Å². The molecule has 1 saturated heterocycles. The van der Waals surface area contributed by atoms with Gasteiger partial charge in [0.05, 0.1) is 0 Å². The summed E-state index contributed by atoms with van der Waals surface area (Å²) in [4.78, 5) is 11.1. The molecule has 1 rings (SSSR count). The van der Waals surface area contributed by atoms with E-state index in [-0.39, 0.29) is 5.91 Å². The number of hydrogen-bond acceptors (Lipinski definition) is 1. The monoisotopic (exact) mass is 169 g/mol. The minimum absolute atomic E-state index is 0.258. The van der Waals surface area contributed by atoms with Gasteiger partial charge in [-0.15, -0.1) is 0 Å². The summed E-state index contributed by atoms with van der Waals surface area (Å²) in [6.45, 7) is 2.19. The van der Waals surface area contributed by atoms with Crippen LogP contribution >= 0.6 is 0 Å². The van der Waals surface area contributed by atoms with Gasteiger partial charge in [0.15, 0.2) is 0 Å². The maximum absolute atomic E-state index is 11.1. The molecule has 1 amide bonds. The molecule has 1 heterocycles. The van der Waals surface area contributed by atoms with E-state index in [1.807, 2.05) is 0 Å². The van der Waals surface area contributed by atoms with Crippen LogP contribution in [0.1, 0.15) is 51.9 Å². The first-order chi connectivity index (χ1) is 5.83. The lowest BCUT2D eigenvalue weighted by Crippen LogP contribution is -2.32. The molecule has 1 aliphatic rings. The first-order valence-corrected chi connectivity index (χ1v) is 5.12. The van der Waals surface area contributed by atoms with Gasteiger partial charge in [-0.2, -0.15) is 0 Å². The molecule has 2 nitrogen and oxygen atoms in total. The van der Waals surface area contributed by atoms with Gasteiger partial charge < -0.3 is 5.32 Å². The zero-order valence-corrected chi connectivity index (χ0v) is 7.94. The number of carbonyl (C=O) groups excluding carboxylic acids is 1. The Labute approximate surface area is 74.7 Å². The van der Waals surface area contributed by atoms with Crippen molar-refractivity contribution in [2.45, 2.75) is 57.9 Å². The molecule has 0 radical (unpaired) electrons. The molecule has 0 aromatic carbocycles. The lowest BCUT2D eigenvalue weighted by Gasteiger charge is -2.14. The van der Waals surface area contributed by atoms with Crippen molar-refractivity contribution < 1.29 is 4.79 Å². The van der Waals surface area contributed by atoms with Crippen molar-refractivity contribution in [1.29, 1.82) is 0 Å². The molecule has 0 aromatic rings. The minimum atomic E-state index is 0.258. The third-order valence-electron chi connectivity index (χ3n) is 2.48. The van der Waals surface area contributed by atoms with Crippen LogP contribution in [-0.2, 0) is 4.79 Å². The molecule has 0 aromatic heterocycles. The molecule has 0 saturated carbocycles. The smallest absolute Gasteiger partial charge is 0.220 e. The molecule has 1 atom stereocenters. The Hall–Kier alpha value is -0.530. The van der Waals surface area contributed by atoms with Gasteiger partial charge in [0.25, 0.3) is 0 Å². The Morgan fingerprint density at radius 1 is 1.50 bits per heavy atom. The van der Waals surface area contributed by atoms with Crippen molar-refractivity contribution in [3.63, 3.8) is 0 Å². The predicted molar refractivity (Wildman–Crippen MR) is 49.9 cm³/mol. The second kappa shape index (κ2) is 5.18. The highest BCUT2D eigenvalue weighted by Crippen LogP contribution is 2.13. The standard InChI is InChI=1S/C10H19NO/c1-2-3-6-9-7-4-5-8-10(12)11-9/h9H,2-8H2,1H3,(H,11,12)/t9-/m0/s1. The molecule has 0 bridgehead atoms. The summed E-state index contributed by atoms with van der Waals surface area (Å²) in [7, 11) is 0. The van der Waals surface area contributed by atoms with Gasteiger partial charge >= 0.3 is 0 Å². The van der Waals surface area contributed by atoms with Crippen LogP contribution in [0.5, 0.6) is 0 Å². The first kappa shape index (κ1) is 9.56. The number of carbonyl (C=O) groups is 1. The van der Waals surface area contributed by atoms with Crippen molar-refractivity contribution in [2.24, 2.45) is 0 Å². The van der Waals surface area contributed by atoms with E-state index in [9.17, 15) is 4.79 Å². The Balaban J connectivity index is 2.26. The summed E-state index contributed by atoms with van der Waals surface area (Å²) in [5.41, 5.74) is 0. The fourth-order valence-electron chi connectivity index (χ4n) is 1.72. The number of unbranched alkanes of at least 4 members (excludes halogenated alkanes) is 1. The largest absolute Gasteiger partial charge is 0.353 e. The van der Waals surface area contributed by atoms with Crippen LogP contribution in [0.15, 0.2) is 0 Å². The third kappa shape index (κ3) is 3.24. The maximum Gasteiger partial charge on any atom is 0.220 e. The van der Waals surface area contributed by atoms with Crippen molar-refractivity contribution >= 4 is 5.91 Å². The molecule has 1 N–H and O–H groups in total. The average molecular weight is 169 g/mol. The van der Waals surface area contributed by atoms with E-state index >= 15 is 0 Å². The number of nitrogens with one attached hydrogen (secondary N) is 1. The molecule has 0 unspecified atom stereocenters. The SMILES string of the molecule is CCCC[C@H]1CCCCC(=O)N1. The highest BCUT2D eigenvalue weighted by atomic mass is 16.1. The minimum Gasteiger partial charge on any atom is -0.353 e. The summed E-state index contributed by atoms with van der Waals surface area (Å²) < 4.78 is 0. The molecule has 2 heteroatoms. The van der Waals surface area contributed by atoms with E-state index in [2.05, 4.69) is 12.2 Å². The van der Waals surface area contributed by atoms with Crippen LogP contribution in [0.3, 0.4) is 0 Å². The van der Waals surface area contributed by atoms with E-state index in [0.29, 0.717) is 6.04 Å². The van der Waals surface area contributed by atoms with Gasteiger partial charge in [-0.25, -0.2) is 0 Å². The van der Waals surface area contributed by atoms with Crippen LogP contribution in [0, 0.1) is 0 Å². The predicted octanol–water partition coefficient (Wildman–Crippen LogP) is 2.24. The number of amides is 1. The zero-order valence-electron chi connectivity index (χ0n) is 7.94. The van der Waals surface area contributed by atoms with Crippen molar-refractivity contribution in [3.05, 3.63) is 0 Å². The van der Waals surface area contributed by atoms with Crippen molar-refractivity contribution in [3.8, 4) is 0 Å². The molecule has 0 spiro atoms. The van der Waals surface area contributed by atoms with Gasteiger partial charge in [0.2, 0.25) is 5.91 Å². The lowest BCUT2D eigenvalue weighted by atomic mass is 10.1. The molecule has 70 valence electrons. The fourth-order valence-corrected chi connectivity index (χ4v) is 1.72. The van der Waals surface area contributed by atoms with Gasteiger partial charge in [-0.3, -0.25) is 4.79 Å². The maximum atomic E-state index is 11.1. The van der Waals surface area contributed by atoms with E-state index < -0.39 is 0 Å². The third-order valence-corrected chi connectivity index (χ3v) is 2.48. The van der Waals surface area contributed by atoms with Gasteiger partial charge in [-0.1, -0.05) is 26.2 Å². The Morgan fingerprint density at radius 2 is 2.33 bits per heavy atom. The number of rotatable bonds is 3. The lowest BCUT2D eigenvalue weighted by molar-refractivity contribution is -0.121. The normalized spacial score (nSPS) is 24.8. The first-order valence-electron chi connectivity index (χ1n) is 5.12. The van der Waals surface area contributed by atoms with Crippen LogP contribution in [-0.4, -0.2) is 11.9 Å². The molecule has 12 heavy (non-hydrogen) atoms. The molecule has 0 aliphatic carbocycles. The Morgan fingerprint density at radius 3 is 3.08 bits per heavy atom. The topological polar surface area (TPSA) is 29.1 Å². The van der Waals surface area contributed by atoms with E-state index in [0.717, 1.165) is 12.8 Å². The van der Waals surface area contributed by atoms with Gasteiger partial charge in [0.1, 0.15) is 0 Å². The fraction of sp³-hybridized carbons (Fsp3) is 0.900. The van der Waals surface area contributed by atoms with Crippen molar-refractivity contribution in [2.75, 3.05) is 0 Å². The highest BCUT2D eigenvalue weighted by molar-refractivity contribution is 5.76. The van der Waals surface area contributed by atoms with E-state index in [4.69, 9.17) is 0 Å². The van der Waals surface area contributed by atoms with E-state index in [1.165, 1.54) is 32.1 Å². The van der Waals surface area contributed by atoms with Gasteiger partial charge in [0, 0.05) is 12.5 Å². The summed E-state index contributed by atoms with van der Waals surface area (Å²) >= 11 is 0. The summed E-state index contributed by atoms with van der Waals surface area (Å²) in [6.07, 6.45) is 7.86. The molecule has 1 aliphatic heterocycles. The van der Waals surface area contributed by atoms with Crippen LogP contribution in [0.4, 0.5) is 0 Å². The van der Waals surface area contributed by atoms with Crippen molar-refractivity contribution in [1.82, 2.24) is 5.32 Å². The zero-order chi connectivity index (χ0) is 8.81. The quantitative estimate of drug-likeness (QED) is 0.689. The van der Waals surface area contributed by atoms with Crippen LogP contribution in [0.2, 0.25) is 0 Å². The summed E-state index contributed by atoms with van der Waals surface area (Å²) in [5, 5.41) is 3.07. The molecule has 1 fully saturated rings. The highest BCUT2D eigenvalue weighted by Gasteiger charge is 2.14. The second-order valence-electron chi connectivity index (χ2n) is 3.65. The Bertz CT molecular complexity index is 145. The number of hydrogen-bond donors (Lipinski definition) is 1. The Kier molecular flexibility index (Phi) is 4.12. The second-order valence-corrected chi connectivity index (χ2v) is 3.65. The van der Waals surface area contributed by atoms with Gasteiger partial charge in [-0.05, 0) is 19.3 Å². The molecular formula is C10H19NO. The molecular weight excluding hydrogens is 150 g/mol. The summed E-state index contributed by atoms with van der Waals surface area (Å²) in [6, 6.07) is 0.472. The van der Waals surface area contributed by atoms with Crippen LogP contribution in [0.25, 0.3) is 0 Å².